The quantitative estimate of drug-likeness (QED) is 0.370. The summed E-state index contributed by atoms with van der Waals surface area (Å²) in [7, 11) is 2.83. The number of halogens is 6. The van der Waals surface area contributed by atoms with Gasteiger partial charge in [-0.1, -0.05) is 0 Å². The Morgan fingerprint density at radius 3 is 1.57 bits per heavy atom. The summed E-state index contributed by atoms with van der Waals surface area (Å²) >= 11 is 0. The van der Waals surface area contributed by atoms with Gasteiger partial charge in [-0.3, -0.25) is 9.63 Å². The Balaban J connectivity index is 0.000000292. The molecule has 2 saturated carbocycles. The van der Waals surface area contributed by atoms with E-state index in [1.807, 2.05) is 0 Å². The van der Waals surface area contributed by atoms with Gasteiger partial charge < -0.3 is 4.79 Å². The summed E-state index contributed by atoms with van der Waals surface area (Å²) in [6.07, 6.45) is -5.73. The van der Waals surface area contributed by atoms with E-state index in [0.717, 1.165) is 11.3 Å². The first-order valence-electron chi connectivity index (χ1n) is 9.30. The zero-order valence-electron chi connectivity index (χ0n) is 16.0. The number of hydrogen-bond donors (Lipinski definition) is 0. The van der Waals surface area contributed by atoms with Crippen LogP contribution in [0.4, 0.5) is 26.3 Å². The van der Waals surface area contributed by atoms with Crippen molar-refractivity contribution in [3.05, 3.63) is 0 Å². The third-order valence-electron chi connectivity index (χ3n) is 5.55. The van der Waals surface area contributed by atoms with Crippen LogP contribution in [0.25, 0.3) is 0 Å². The molecule has 0 spiro atoms. The fourth-order valence-corrected chi connectivity index (χ4v) is 3.60. The molecule has 0 bridgehead atoms. The Morgan fingerprint density at radius 2 is 1.25 bits per heavy atom. The van der Waals surface area contributed by atoms with Gasteiger partial charge in [0.25, 0.3) is 0 Å². The minimum Gasteiger partial charge on any atom is -0.303 e. The van der Waals surface area contributed by atoms with Crippen LogP contribution in [0.15, 0.2) is 0 Å². The predicted molar refractivity (Wildman–Crippen MR) is 88.8 cm³/mol. The van der Waals surface area contributed by atoms with Crippen LogP contribution in [-0.2, 0) is 14.4 Å². The Hall–Kier alpha value is -1.32. The van der Waals surface area contributed by atoms with Gasteiger partial charge in [0.2, 0.25) is 5.91 Å². The predicted octanol–water partition coefficient (Wildman–Crippen LogP) is 4.93. The number of carbonyl (C=O) groups is 2. The molecule has 0 atom stereocenters. The highest BCUT2D eigenvalue weighted by atomic mass is 19.4. The molecule has 0 aromatic carbocycles. The maximum Gasteiger partial charge on any atom is 0.391 e. The van der Waals surface area contributed by atoms with Gasteiger partial charge in [0.05, 0.1) is 18.9 Å². The third-order valence-corrected chi connectivity index (χ3v) is 5.55. The van der Waals surface area contributed by atoms with Gasteiger partial charge in [-0.2, -0.15) is 26.3 Å². The molecule has 4 nitrogen and oxygen atoms in total. The van der Waals surface area contributed by atoms with Crippen LogP contribution >= 0.6 is 0 Å². The Labute approximate surface area is 160 Å². The second-order valence-electron chi connectivity index (χ2n) is 7.40. The van der Waals surface area contributed by atoms with Crippen LogP contribution < -0.4 is 0 Å². The maximum atomic E-state index is 12.4. The standard InChI is InChI=1S/C10H16F3NO2.C8H11F3O/c1-14(16-2)9(15)7-3-5-8(6-4-7)10(11,12)13;9-8(10,11)7-3-1-6(5-12)2-4-7/h7-8H,3-6H2,1-2H3;5-7H,1-4H2. The highest BCUT2D eigenvalue weighted by Gasteiger charge is 2.43. The molecule has 28 heavy (non-hydrogen) atoms. The smallest absolute Gasteiger partial charge is 0.303 e. The van der Waals surface area contributed by atoms with E-state index in [2.05, 4.69) is 0 Å². The molecule has 0 heterocycles. The average molecular weight is 419 g/mol. The molecule has 0 aliphatic heterocycles. The lowest BCUT2D eigenvalue weighted by Gasteiger charge is -2.30. The van der Waals surface area contributed by atoms with Crippen molar-refractivity contribution < 1.29 is 40.8 Å². The van der Waals surface area contributed by atoms with Crippen LogP contribution in [0.1, 0.15) is 51.4 Å². The van der Waals surface area contributed by atoms with Crippen molar-refractivity contribution in [2.75, 3.05) is 14.2 Å². The van der Waals surface area contributed by atoms with E-state index in [-0.39, 0.29) is 56.3 Å². The summed E-state index contributed by atoms with van der Waals surface area (Å²) in [6.45, 7) is 0. The van der Waals surface area contributed by atoms with E-state index < -0.39 is 24.2 Å². The molecule has 0 unspecified atom stereocenters. The SMILES string of the molecule is CON(C)C(=O)C1CCC(C(F)(F)F)CC1.O=CC1CCC(C(F)(F)F)CC1. The van der Waals surface area contributed by atoms with E-state index >= 15 is 0 Å². The van der Waals surface area contributed by atoms with Crippen LogP contribution in [0.5, 0.6) is 0 Å². The second kappa shape index (κ2) is 10.5. The van der Waals surface area contributed by atoms with Gasteiger partial charge in [-0.25, -0.2) is 5.06 Å². The molecule has 0 aromatic heterocycles. The maximum absolute atomic E-state index is 12.4. The number of hydroxylamine groups is 2. The Kier molecular flexibility index (Phi) is 9.23. The van der Waals surface area contributed by atoms with E-state index in [0.29, 0.717) is 12.8 Å². The molecule has 1 amide bonds. The summed E-state index contributed by atoms with van der Waals surface area (Å²) in [5.41, 5.74) is 0. The van der Waals surface area contributed by atoms with Gasteiger partial charge in [0, 0.05) is 18.9 Å². The molecule has 0 saturated heterocycles. The normalized spacial score (nSPS) is 28.7. The monoisotopic (exact) mass is 419 g/mol. The fraction of sp³-hybridized carbons (Fsp3) is 0.889. The van der Waals surface area contributed by atoms with Crippen molar-refractivity contribution in [1.29, 1.82) is 0 Å². The van der Waals surface area contributed by atoms with Gasteiger partial charge in [0.1, 0.15) is 6.29 Å². The Morgan fingerprint density at radius 1 is 0.857 bits per heavy atom. The van der Waals surface area contributed by atoms with E-state index in [9.17, 15) is 35.9 Å². The second-order valence-corrected chi connectivity index (χ2v) is 7.40. The van der Waals surface area contributed by atoms with Gasteiger partial charge in [-0.15, -0.1) is 0 Å². The van der Waals surface area contributed by atoms with Crippen molar-refractivity contribution in [3.8, 4) is 0 Å². The van der Waals surface area contributed by atoms with E-state index in [1.54, 1.807) is 0 Å². The summed E-state index contributed by atoms with van der Waals surface area (Å²) in [4.78, 5) is 26.6. The van der Waals surface area contributed by atoms with Crippen molar-refractivity contribution in [2.24, 2.45) is 23.7 Å². The first-order valence-corrected chi connectivity index (χ1v) is 9.30. The van der Waals surface area contributed by atoms with Crippen molar-refractivity contribution in [1.82, 2.24) is 5.06 Å². The lowest BCUT2D eigenvalue weighted by Crippen LogP contribution is -2.36. The summed E-state index contributed by atoms with van der Waals surface area (Å²) in [5.74, 6) is -3.12. The molecule has 0 radical (unpaired) electrons. The van der Waals surface area contributed by atoms with Crippen LogP contribution in [0.3, 0.4) is 0 Å². The van der Waals surface area contributed by atoms with Gasteiger partial charge >= 0.3 is 12.4 Å². The van der Waals surface area contributed by atoms with Crippen LogP contribution in [-0.4, -0.2) is 43.8 Å². The number of alkyl halides is 6. The summed E-state index contributed by atoms with van der Waals surface area (Å²) < 4.78 is 73.4. The lowest BCUT2D eigenvalue weighted by atomic mass is 9.81. The van der Waals surface area contributed by atoms with Crippen LogP contribution in [0, 0.1) is 23.7 Å². The molecule has 164 valence electrons. The number of rotatable bonds is 3. The minimum atomic E-state index is -4.12. The molecule has 2 fully saturated rings. The molecule has 2 aliphatic carbocycles. The Bertz CT molecular complexity index is 493. The molecule has 2 rings (SSSR count). The van der Waals surface area contributed by atoms with Crippen molar-refractivity contribution in [2.45, 2.75) is 63.7 Å². The molecule has 10 heteroatoms. The third kappa shape index (κ3) is 7.60. The fourth-order valence-electron chi connectivity index (χ4n) is 3.60. The number of aldehydes is 1. The topological polar surface area (TPSA) is 46.6 Å². The first kappa shape index (κ1) is 24.7. The van der Waals surface area contributed by atoms with Gasteiger partial charge in [-0.05, 0) is 51.4 Å². The summed E-state index contributed by atoms with van der Waals surface area (Å²) in [5, 5.41) is 1.08. The number of carbonyl (C=O) groups excluding carboxylic acids is 2. The first-order chi connectivity index (χ1) is 12.9. The van der Waals surface area contributed by atoms with Crippen molar-refractivity contribution in [3.63, 3.8) is 0 Å². The molecular weight excluding hydrogens is 392 g/mol. The highest BCUT2D eigenvalue weighted by Crippen LogP contribution is 2.40. The number of amides is 1. The zero-order valence-corrected chi connectivity index (χ0v) is 16.0. The minimum absolute atomic E-state index is 0.0391. The largest absolute Gasteiger partial charge is 0.391 e. The summed E-state index contributed by atoms with van der Waals surface area (Å²) in [6, 6.07) is 0. The number of nitrogens with zero attached hydrogens (tertiary/aromatic N) is 1. The molecule has 0 aromatic rings. The lowest BCUT2D eigenvalue weighted by molar-refractivity contribution is -0.191. The van der Waals surface area contributed by atoms with Crippen molar-refractivity contribution >= 4 is 12.2 Å². The molecule has 0 N–H and O–H groups in total. The molecular formula is C18H27F6NO3. The van der Waals surface area contributed by atoms with E-state index in [4.69, 9.17) is 4.84 Å². The van der Waals surface area contributed by atoms with Crippen LogP contribution in [0.2, 0.25) is 0 Å². The zero-order chi connectivity index (χ0) is 21.5. The molecule has 2 aliphatic rings. The highest BCUT2D eigenvalue weighted by molar-refractivity contribution is 5.77. The number of hydrogen-bond acceptors (Lipinski definition) is 3. The average Bonchev–Trinajstić information content (AvgIpc) is 2.66. The van der Waals surface area contributed by atoms with E-state index in [1.165, 1.54) is 14.2 Å². The van der Waals surface area contributed by atoms with Gasteiger partial charge in [0.15, 0.2) is 0 Å².